The van der Waals surface area contributed by atoms with Crippen molar-refractivity contribution in [3.63, 3.8) is 0 Å². The van der Waals surface area contributed by atoms with Crippen LogP contribution in [0.4, 0.5) is 11.4 Å². The van der Waals surface area contributed by atoms with E-state index in [0.29, 0.717) is 0 Å². The van der Waals surface area contributed by atoms with Crippen LogP contribution in [0.2, 0.25) is 0 Å². The molecule has 0 spiro atoms. The quantitative estimate of drug-likeness (QED) is 0.504. The number of hydrogen-bond acceptors (Lipinski definition) is 2. The van der Waals surface area contributed by atoms with Gasteiger partial charge in [-0.3, -0.25) is 0 Å². The second kappa shape index (κ2) is 5.96. The van der Waals surface area contributed by atoms with Gasteiger partial charge in [-0.15, -0.1) is 0 Å². The first-order valence-electron chi connectivity index (χ1n) is 8.12. The topological polar surface area (TPSA) is 52.0 Å². The van der Waals surface area contributed by atoms with Gasteiger partial charge in [0.2, 0.25) is 0 Å². The Morgan fingerprint density at radius 3 is 2.09 bits per heavy atom. The van der Waals surface area contributed by atoms with Crippen molar-refractivity contribution in [2.45, 2.75) is 33.6 Å². The van der Waals surface area contributed by atoms with Crippen molar-refractivity contribution in [3.05, 3.63) is 51.9 Å². The van der Waals surface area contributed by atoms with Crippen LogP contribution in [-0.4, -0.2) is 0 Å². The number of hydrogen-bond donors (Lipinski definition) is 2. The van der Waals surface area contributed by atoms with Gasteiger partial charge in [0, 0.05) is 32.6 Å². The second-order valence-electron chi connectivity index (χ2n) is 6.49. The first-order valence-corrected chi connectivity index (χ1v) is 8.12. The van der Waals surface area contributed by atoms with Gasteiger partial charge < -0.3 is 11.5 Å². The summed E-state index contributed by atoms with van der Waals surface area (Å²) in [4.78, 5) is 0. The van der Waals surface area contributed by atoms with E-state index in [1.54, 1.807) is 0 Å². The Kier molecular flexibility index (Phi) is 3.99. The van der Waals surface area contributed by atoms with Crippen molar-refractivity contribution >= 4 is 39.9 Å². The molecular formula is C21H24N2. The predicted molar refractivity (Wildman–Crippen MR) is 103 cm³/mol. The third-order valence-electron chi connectivity index (χ3n) is 4.46. The maximum atomic E-state index is 6.46. The van der Waals surface area contributed by atoms with Gasteiger partial charge in [-0.05, 0) is 50.8 Å². The smallest absolute Gasteiger partial charge is 0.0471 e. The SMILES string of the molecule is CC(C)=C/C=C(\C)c1ccc2c(N)c3c(c(N)c2c1)=CCCC=3. The van der Waals surface area contributed by atoms with Crippen LogP contribution in [-0.2, 0) is 0 Å². The number of anilines is 2. The Morgan fingerprint density at radius 2 is 1.48 bits per heavy atom. The standard InChI is InChI=1S/C21H24N2/c1-13(2)8-9-14(3)15-10-11-18-19(12-15)21(23)17-7-5-4-6-16(17)20(18)22/h6-12H,4-5,22-23H2,1-3H3/b14-9+. The lowest BCUT2D eigenvalue weighted by Gasteiger charge is -2.13. The highest BCUT2D eigenvalue weighted by molar-refractivity contribution is 6.02. The fourth-order valence-electron chi connectivity index (χ4n) is 3.11. The molecule has 0 amide bonds. The third-order valence-corrected chi connectivity index (χ3v) is 4.46. The van der Waals surface area contributed by atoms with Gasteiger partial charge in [-0.25, -0.2) is 0 Å². The first-order chi connectivity index (χ1) is 11.0. The monoisotopic (exact) mass is 304 g/mol. The largest absolute Gasteiger partial charge is 0.398 e. The summed E-state index contributed by atoms with van der Waals surface area (Å²) in [6.07, 6.45) is 10.8. The second-order valence-corrected chi connectivity index (χ2v) is 6.49. The normalized spacial score (nSPS) is 14.0. The maximum Gasteiger partial charge on any atom is 0.0471 e. The average molecular weight is 304 g/mol. The molecule has 118 valence electrons. The van der Waals surface area contributed by atoms with Gasteiger partial charge >= 0.3 is 0 Å². The Labute approximate surface area is 137 Å². The molecule has 23 heavy (non-hydrogen) atoms. The highest BCUT2D eigenvalue weighted by Gasteiger charge is 2.10. The van der Waals surface area contributed by atoms with E-state index in [9.17, 15) is 0 Å². The number of nitrogen functional groups attached to an aromatic ring is 2. The average Bonchev–Trinajstić information content (AvgIpc) is 2.57. The molecule has 4 N–H and O–H groups in total. The van der Waals surface area contributed by atoms with Gasteiger partial charge in [0.05, 0.1) is 0 Å². The van der Waals surface area contributed by atoms with E-state index in [1.807, 2.05) is 0 Å². The molecule has 1 aliphatic rings. The van der Waals surface area contributed by atoms with Gasteiger partial charge in [-0.1, -0.05) is 42.0 Å². The molecule has 0 heterocycles. The molecule has 2 heteroatoms. The summed E-state index contributed by atoms with van der Waals surface area (Å²) in [6.45, 7) is 6.32. The maximum absolute atomic E-state index is 6.46. The number of fused-ring (bicyclic) bond motifs is 2. The van der Waals surface area contributed by atoms with E-state index in [1.165, 1.54) is 16.7 Å². The molecule has 0 unspecified atom stereocenters. The van der Waals surface area contributed by atoms with E-state index in [-0.39, 0.29) is 0 Å². The number of allylic oxidation sites excluding steroid dienone is 4. The molecule has 0 radical (unpaired) electrons. The van der Waals surface area contributed by atoms with Crippen LogP contribution in [0.25, 0.3) is 28.5 Å². The number of nitrogens with two attached hydrogens (primary N) is 2. The van der Waals surface area contributed by atoms with Gasteiger partial charge in [-0.2, -0.15) is 0 Å². The molecule has 0 saturated carbocycles. The van der Waals surface area contributed by atoms with Gasteiger partial charge in [0.15, 0.2) is 0 Å². The van der Waals surface area contributed by atoms with E-state index in [2.05, 4.69) is 63.3 Å². The summed E-state index contributed by atoms with van der Waals surface area (Å²) in [7, 11) is 0. The highest BCUT2D eigenvalue weighted by Crippen LogP contribution is 2.26. The summed E-state index contributed by atoms with van der Waals surface area (Å²) in [5, 5.41) is 4.30. The Balaban J connectivity index is 2.28. The molecule has 3 rings (SSSR count). The van der Waals surface area contributed by atoms with E-state index < -0.39 is 0 Å². The van der Waals surface area contributed by atoms with Crippen molar-refractivity contribution in [1.29, 1.82) is 0 Å². The fraction of sp³-hybridized carbons (Fsp3) is 0.238. The highest BCUT2D eigenvalue weighted by atomic mass is 14.6. The molecule has 0 bridgehead atoms. The molecule has 0 saturated heterocycles. The zero-order chi connectivity index (χ0) is 16.6. The molecule has 0 fully saturated rings. The van der Waals surface area contributed by atoms with Crippen molar-refractivity contribution in [3.8, 4) is 0 Å². The lowest BCUT2D eigenvalue weighted by molar-refractivity contribution is 1.12. The van der Waals surface area contributed by atoms with Crippen LogP contribution in [0, 0.1) is 0 Å². The summed E-state index contributed by atoms with van der Waals surface area (Å²) < 4.78 is 0. The summed E-state index contributed by atoms with van der Waals surface area (Å²) in [5.74, 6) is 0. The van der Waals surface area contributed by atoms with Crippen molar-refractivity contribution in [2.24, 2.45) is 0 Å². The number of benzene rings is 2. The van der Waals surface area contributed by atoms with Crippen molar-refractivity contribution in [1.82, 2.24) is 0 Å². The number of rotatable bonds is 2. The van der Waals surface area contributed by atoms with Crippen LogP contribution >= 0.6 is 0 Å². The van der Waals surface area contributed by atoms with Gasteiger partial charge in [0.1, 0.15) is 0 Å². The zero-order valence-corrected chi connectivity index (χ0v) is 14.1. The molecule has 0 atom stereocenters. The predicted octanol–water partition coefficient (Wildman–Crippen LogP) is 3.73. The van der Waals surface area contributed by atoms with Gasteiger partial charge in [0.25, 0.3) is 0 Å². The van der Waals surface area contributed by atoms with Crippen LogP contribution in [0.1, 0.15) is 39.2 Å². The minimum absolute atomic E-state index is 0.844. The Morgan fingerprint density at radius 1 is 0.870 bits per heavy atom. The van der Waals surface area contributed by atoms with Crippen LogP contribution in [0.15, 0.2) is 35.9 Å². The molecular weight excluding hydrogens is 280 g/mol. The van der Waals surface area contributed by atoms with Crippen LogP contribution in [0.5, 0.6) is 0 Å². The van der Waals surface area contributed by atoms with E-state index in [4.69, 9.17) is 11.5 Å². The van der Waals surface area contributed by atoms with Crippen molar-refractivity contribution < 1.29 is 0 Å². The lowest BCUT2D eigenvalue weighted by atomic mass is 9.95. The summed E-state index contributed by atoms with van der Waals surface area (Å²) >= 11 is 0. The van der Waals surface area contributed by atoms with Crippen molar-refractivity contribution in [2.75, 3.05) is 11.5 Å². The molecule has 1 aliphatic carbocycles. The van der Waals surface area contributed by atoms with Crippen LogP contribution < -0.4 is 21.9 Å². The minimum Gasteiger partial charge on any atom is -0.398 e. The Bertz CT molecular complexity index is 956. The van der Waals surface area contributed by atoms with Crippen LogP contribution in [0.3, 0.4) is 0 Å². The third kappa shape index (κ3) is 2.77. The minimum atomic E-state index is 0.844. The summed E-state index contributed by atoms with van der Waals surface area (Å²) in [6, 6.07) is 6.38. The molecule has 2 aromatic rings. The van der Waals surface area contributed by atoms with E-state index in [0.717, 1.165) is 45.4 Å². The summed E-state index contributed by atoms with van der Waals surface area (Å²) in [5.41, 5.74) is 18.2. The molecule has 2 nitrogen and oxygen atoms in total. The lowest BCUT2D eigenvalue weighted by Crippen LogP contribution is -2.32. The Hall–Kier alpha value is -2.48. The fourth-order valence-corrected chi connectivity index (χ4v) is 3.11. The molecule has 0 aromatic heterocycles. The first kappa shape index (κ1) is 15.4. The zero-order valence-electron chi connectivity index (χ0n) is 14.1. The van der Waals surface area contributed by atoms with E-state index >= 15 is 0 Å². The molecule has 0 aliphatic heterocycles. The molecule has 2 aromatic carbocycles.